The molecule has 2 nitrogen and oxygen atoms in total. The molecule has 4 heterocycles. The van der Waals surface area contributed by atoms with E-state index in [-0.39, 0.29) is 0 Å². The first-order valence-electron chi connectivity index (χ1n) is 7.17. The third-order valence-electron chi connectivity index (χ3n) is 4.90. The minimum absolute atomic E-state index is 0.303. The second-order valence-corrected chi connectivity index (χ2v) is 6.93. The van der Waals surface area contributed by atoms with Crippen molar-refractivity contribution in [2.75, 3.05) is 26.2 Å². The van der Waals surface area contributed by atoms with E-state index >= 15 is 0 Å². The van der Waals surface area contributed by atoms with Crippen molar-refractivity contribution in [2.45, 2.75) is 26.2 Å². The number of thiophene rings is 1. The number of rotatable bonds is 4. The molecule has 3 fully saturated rings. The van der Waals surface area contributed by atoms with E-state index in [9.17, 15) is 4.79 Å². The predicted molar refractivity (Wildman–Crippen MR) is 74.9 cm³/mol. The maximum absolute atomic E-state index is 12.6. The molecule has 0 saturated carbocycles. The van der Waals surface area contributed by atoms with Gasteiger partial charge in [-0.05, 0) is 23.8 Å². The van der Waals surface area contributed by atoms with E-state index in [4.69, 9.17) is 0 Å². The van der Waals surface area contributed by atoms with Crippen LogP contribution < -0.4 is 0 Å². The zero-order valence-electron chi connectivity index (χ0n) is 11.1. The number of quaternary nitrogens is 1. The lowest BCUT2D eigenvalue weighted by Crippen LogP contribution is -2.63. The predicted octanol–water partition coefficient (Wildman–Crippen LogP) is 3.20. The van der Waals surface area contributed by atoms with Crippen molar-refractivity contribution in [3.63, 3.8) is 0 Å². The van der Waals surface area contributed by atoms with Gasteiger partial charge in [0.25, 0.3) is 0 Å². The van der Waals surface area contributed by atoms with Gasteiger partial charge in [0.1, 0.15) is 0 Å². The molecule has 1 aromatic heterocycles. The maximum Gasteiger partial charge on any atom is 0.181 e. The summed E-state index contributed by atoms with van der Waals surface area (Å²) in [6, 6.07) is 3.99. The Morgan fingerprint density at radius 1 is 1.44 bits per heavy atom. The molecule has 0 aliphatic carbocycles. The van der Waals surface area contributed by atoms with Gasteiger partial charge >= 0.3 is 0 Å². The van der Waals surface area contributed by atoms with Crippen LogP contribution in [0.1, 0.15) is 35.9 Å². The number of carbonyl (C=O) groups excluding carboxylic acids is 1. The second kappa shape index (κ2) is 4.78. The zero-order chi connectivity index (χ0) is 12.6. The van der Waals surface area contributed by atoms with Crippen LogP contribution in [0.4, 0.5) is 0 Å². The lowest BCUT2D eigenvalue weighted by atomic mass is 9.74. The fourth-order valence-corrected chi connectivity index (χ4v) is 4.70. The van der Waals surface area contributed by atoms with Crippen LogP contribution in [0.5, 0.6) is 0 Å². The average molecular weight is 264 g/mol. The molecular weight excluding hydrogens is 242 g/mol. The normalized spacial score (nSPS) is 34.7. The number of piperidine rings is 3. The molecule has 1 aromatic rings. The molecule has 0 spiro atoms. The van der Waals surface area contributed by atoms with Crippen LogP contribution in [0.2, 0.25) is 0 Å². The fourth-order valence-electron chi connectivity index (χ4n) is 3.97. The van der Waals surface area contributed by atoms with Crippen molar-refractivity contribution in [2.24, 2.45) is 11.8 Å². The number of hydrogen-bond donors (Lipinski definition) is 0. The summed E-state index contributed by atoms with van der Waals surface area (Å²) >= 11 is 1.61. The van der Waals surface area contributed by atoms with Gasteiger partial charge in [0.05, 0.1) is 37.0 Å². The Bertz CT molecular complexity index is 412. The monoisotopic (exact) mass is 264 g/mol. The van der Waals surface area contributed by atoms with E-state index in [1.54, 1.807) is 11.3 Å². The molecule has 1 unspecified atom stereocenters. The summed E-state index contributed by atoms with van der Waals surface area (Å²) < 4.78 is 1.22. The Kier molecular flexibility index (Phi) is 3.29. The minimum Gasteiger partial charge on any atom is -0.323 e. The Morgan fingerprint density at radius 2 is 2.22 bits per heavy atom. The lowest BCUT2D eigenvalue weighted by molar-refractivity contribution is -0.945. The van der Waals surface area contributed by atoms with Crippen LogP contribution in [0, 0.1) is 11.8 Å². The van der Waals surface area contributed by atoms with E-state index in [2.05, 4.69) is 6.92 Å². The molecule has 18 heavy (non-hydrogen) atoms. The van der Waals surface area contributed by atoms with Gasteiger partial charge in [-0.25, -0.2) is 0 Å². The van der Waals surface area contributed by atoms with Gasteiger partial charge in [0, 0.05) is 12.8 Å². The van der Waals surface area contributed by atoms with Crippen molar-refractivity contribution < 1.29 is 9.28 Å². The van der Waals surface area contributed by atoms with Crippen molar-refractivity contribution in [1.29, 1.82) is 0 Å². The SMILES string of the molecule is CCC[N+]12CCC(CC1)C(C(=O)c1cccs1)C2. The highest BCUT2D eigenvalue weighted by atomic mass is 32.1. The number of carbonyl (C=O) groups is 1. The Hall–Kier alpha value is -0.670. The molecule has 2 bridgehead atoms. The minimum atomic E-state index is 0.303. The van der Waals surface area contributed by atoms with Crippen LogP contribution in [0.25, 0.3) is 0 Å². The molecule has 3 saturated heterocycles. The van der Waals surface area contributed by atoms with E-state index < -0.39 is 0 Å². The van der Waals surface area contributed by atoms with Gasteiger partial charge in [-0.3, -0.25) is 4.79 Å². The van der Waals surface area contributed by atoms with Gasteiger partial charge in [-0.15, -0.1) is 11.3 Å². The highest BCUT2D eigenvalue weighted by Crippen LogP contribution is 2.39. The molecule has 4 rings (SSSR count). The van der Waals surface area contributed by atoms with Crippen molar-refractivity contribution in [3.8, 4) is 0 Å². The summed E-state index contributed by atoms with van der Waals surface area (Å²) in [5.41, 5.74) is 0. The summed E-state index contributed by atoms with van der Waals surface area (Å²) in [5.74, 6) is 1.39. The first kappa shape index (κ1) is 12.4. The Balaban J connectivity index is 1.80. The molecule has 0 amide bonds. The number of hydrogen-bond acceptors (Lipinski definition) is 2. The average Bonchev–Trinajstić information content (AvgIpc) is 2.93. The van der Waals surface area contributed by atoms with Crippen LogP contribution in [0.3, 0.4) is 0 Å². The van der Waals surface area contributed by atoms with Crippen LogP contribution in [-0.2, 0) is 0 Å². The fraction of sp³-hybridized carbons (Fsp3) is 0.667. The Morgan fingerprint density at radius 3 is 2.83 bits per heavy atom. The summed E-state index contributed by atoms with van der Waals surface area (Å²) in [7, 11) is 0. The lowest BCUT2D eigenvalue weighted by Gasteiger charge is -2.52. The highest BCUT2D eigenvalue weighted by Gasteiger charge is 2.48. The molecule has 0 N–H and O–H groups in total. The van der Waals surface area contributed by atoms with E-state index in [1.165, 1.54) is 43.4 Å². The van der Waals surface area contributed by atoms with E-state index in [0.717, 1.165) is 11.4 Å². The molecule has 1 atom stereocenters. The summed E-state index contributed by atoms with van der Waals surface area (Å²) in [4.78, 5) is 13.6. The number of fused-ring (bicyclic) bond motifs is 3. The first-order valence-corrected chi connectivity index (χ1v) is 8.05. The molecule has 3 aliphatic heterocycles. The second-order valence-electron chi connectivity index (χ2n) is 5.98. The summed E-state index contributed by atoms with van der Waals surface area (Å²) in [5, 5.41) is 2.02. The number of nitrogens with zero attached hydrogens (tertiary/aromatic N) is 1. The maximum atomic E-state index is 12.6. The van der Waals surface area contributed by atoms with Crippen molar-refractivity contribution in [1.82, 2.24) is 0 Å². The summed E-state index contributed by atoms with van der Waals surface area (Å²) in [6.07, 6.45) is 3.77. The molecule has 0 aromatic carbocycles. The van der Waals surface area contributed by atoms with E-state index in [1.807, 2.05) is 17.5 Å². The standard InChI is InChI=1S/C15H22NOS/c1-2-7-16-8-5-12(6-9-16)13(11-16)15(17)14-4-3-10-18-14/h3-4,10,12-13H,2,5-9,11H2,1H3/q+1. The topological polar surface area (TPSA) is 17.1 Å². The largest absolute Gasteiger partial charge is 0.323 e. The third kappa shape index (κ3) is 2.04. The first-order chi connectivity index (χ1) is 8.74. The molecule has 0 radical (unpaired) electrons. The number of Topliss-reactive ketones (excluding diaryl/α,β-unsaturated/α-hetero) is 1. The van der Waals surface area contributed by atoms with Crippen LogP contribution in [-0.4, -0.2) is 36.4 Å². The van der Waals surface area contributed by atoms with Gasteiger partial charge in [0.2, 0.25) is 0 Å². The smallest absolute Gasteiger partial charge is 0.181 e. The zero-order valence-corrected chi connectivity index (χ0v) is 11.9. The Labute approximate surface area is 113 Å². The van der Waals surface area contributed by atoms with Crippen molar-refractivity contribution in [3.05, 3.63) is 22.4 Å². The van der Waals surface area contributed by atoms with Crippen LogP contribution >= 0.6 is 11.3 Å². The van der Waals surface area contributed by atoms with Gasteiger partial charge in [-0.1, -0.05) is 13.0 Å². The van der Waals surface area contributed by atoms with Gasteiger partial charge in [-0.2, -0.15) is 0 Å². The number of ketones is 1. The van der Waals surface area contributed by atoms with E-state index in [0.29, 0.717) is 17.6 Å². The molecule has 3 heteroatoms. The third-order valence-corrected chi connectivity index (χ3v) is 5.78. The van der Waals surface area contributed by atoms with Gasteiger partial charge < -0.3 is 4.48 Å². The quantitative estimate of drug-likeness (QED) is 0.603. The van der Waals surface area contributed by atoms with Crippen molar-refractivity contribution >= 4 is 17.1 Å². The van der Waals surface area contributed by atoms with Crippen LogP contribution in [0.15, 0.2) is 17.5 Å². The highest BCUT2D eigenvalue weighted by molar-refractivity contribution is 7.12. The molecule has 3 aliphatic rings. The van der Waals surface area contributed by atoms with Gasteiger partial charge in [0.15, 0.2) is 5.78 Å². The molecular formula is C15H22NOS+. The summed E-state index contributed by atoms with van der Waals surface area (Å²) in [6.45, 7) is 7.26. The molecule has 98 valence electrons.